The van der Waals surface area contributed by atoms with E-state index in [1.807, 2.05) is 0 Å². The van der Waals surface area contributed by atoms with Gasteiger partial charge in [-0.3, -0.25) is 14.4 Å². The summed E-state index contributed by atoms with van der Waals surface area (Å²) in [6, 6.07) is 0. The molecule has 0 fully saturated rings. The molecule has 0 aliphatic carbocycles. The maximum atomic E-state index is 12.9. The van der Waals surface area contributed by atoms with Crippen LogP contribution in [0.1, 0.15) is 342 Å². The fraction of sp³-hybridized carbons (Fsp3) is 0.950. The Labute approximate surface area is 412 Å². The van der Waals surface area contributed by atoms with E-state index in [1.165, 1.54) is 238 Å². The van der Waals surface area contributed by atoms with Gasteiger partial charge in [0.05, 0.1) is 0 Å². The number of hydrogen-bond acceptors (Lipinski definition) is 6. The highest BCUT2D eigenvalue weighted by molar-refractivity contribution is 5.71. The molecule has 0 spiro atoms. The highest BCUT2D eigenvalue weighted by Gasteiger charge is 2.19. The van der Waals surface area contributed by atoms with Gasteiger partial charge in [0.1, 0.15) is 13.2 Å². The Morgan fingerprint density at radius 1 is 0.288 bits per heavy atom. The zero-order chi connectivity index (χ0) is 48.1. The highest BCUT2D eigenvalue weighted by atomic mass is 16.6. The van der Waals surface area contributed by atoms with Gasteiger partial charge >= 0.3 is 17.9 Å². The summed E-state index contributed by atoms with van der Waals surface area (Å²) in [5, 5.41) is 0. The summed E-state index contributed by atoms with van der Waals surface area (Å²) in [5.74, 6) is 0.0148. The molecule has 1 atom stereocenters. The minimum atomic E-state index is -0.762. The number of carbonyl (C=O) groups excluding carboxylic acids is 3. The fourth-order valence-corrected chi connectivity index (χ4v) is 9.28. The van der Waals surface area contributed by atoms with Crippen molar-refractivity contribution in [1.82, 2.24) is 0 Å². The van der Waals surface area contributed by atoms with Gasteiger partial charge in [-0.15, -0.1) is 0 Å². The van der Waals surface area contributed by atoms with Gasteiger partial charge < -0.3 is 14.2 Å². The Kier molecular flexibility index (Phi) is 53.0. The molecule has 0 aliphatic rings. The highest BCUT2D eigenvalue weighted by Crippen LogP contribution is 2.18. The van der Waals surface area contributed by atoms with Crippen molar-refractivity contribution in [3.05, 3.63) is 0 Å². The van der Waals surface area contributed by atoms with Gasteiger partial charge in [0, 0.05) is 19.3 Å². The topological polar surface area (TPSA) is 78.9 Å². The van der Waals surface area contributed by atoms with Crippen LogP contribution in [0.15, 0.2) is 0 Å². The van der Waals surface area contributed by atoms with Gasteiger partial charge in [-0.25, -0.2) is 0 Å². The van der Waals surface area contributed by atoms with Gasteiger partial charge in [0.25, 0.3) is 0 Å². The standard InChI is InChI=1S/C60H116O6/c1-5-7-9-11-13-15-17-19-20-21-22-25-28-32-36-40-44-48-52-59(62)65-55-57(54-64-58(61)51-47-43-39-35-31-18-16-14-12-10-8-6-2)66-60(63)53-49-45-41-37-33-29-26-23-24-27-30-34-38-42-46-50-56(3)4/h56-57H,5-55H2,1-4H3/t57-/m1/s1. The Bertz CT molecular complexity index is 996. The van der Waals surface area contributed by atoms with Crippen molar-refractivity contribution in [3.63, 3.8) is 0 Å². The van der Waals surface area contributed by atoms with E-state index in [4.69, 9.17) is 14.2 Å². The molecule has 0 rings (SSSR count). The zero-order valence-electron chi connectivity index (χ0n) is 45.2. The van der Waals surface area contributed by atoms with E-state index in [-0.39, 0.29) is 31.1 Å². The van der Waals surface area contributed by atoms with Crippen LogP contribution in [0.4, 0.5) is 0 Å². The molecule has 0 amide bonds. The maximum Gasteiger partial charge on any atom is 0.306 e. The van der Waals surface area contributed by atoms with Crippen molar-refractivity contribution < 1.29 is 28.6 Å². The summed E-state index contributed by atoms with van der Waals surface area (Å²) in [6.07, 6.45) is 59.5. The van der Waals surface area contributed by atoms with Crippen LogP contribution in [-0.2, 0) is 28.6 Å². The summed E-state index contributed by atoms with van der Waals surface area (Å²) >= 11 is 0. The molecular weight excluding hydrogens is 817 g/mol. The average molecular weight is 934 g/mol. The van der Waals surface area contributed by atoms with Crippen molar-refractivity contribution >= 4 is 17.9 Å². The molecule has 0 aromatic carbocycles. The molecule has 6 nitrogen and oxygen atoms in total. The van der Waals surface area contributed by atoms with E-state index in [0.29, 0.717) is 19.3 Å². The second-order valence-corrected chi connectivity index (χ2v) is 21.1. The molecule has 6 heteroatoms. The molecule has 0 heterocycles. The Morgan fingerprint density at radius 2 is 0.500 bits per heavy atom. The molecule has 0 aliphatic heterocycles. The summed E-state index contributed by atoms with van der Waals surface area (Å²) in [4.78, 5) is 38.2. The smallest absolute Gasteiger partial charge is 0.306 e. The van der Waals surface area contributed by atoms with Gasteiger partial charge in [-0.05, 0) is 25.2 Å². The summed E-state index contributed by atoms with van der Waals surface area (Å²) in [6.45, 7) is 9.07. The monoisotopic (exact) mass is 933 g/mol. The predicted octanol–water partition coefficient (Wildman–Crippen LogP) is 19.8. The zero-order valence-corrected chi connectivity index (χ0v) is 45.2. The first kappa shape index (κ1) is 64.4. The number of ether oxygens (including phenoxy) is 3. The molecule has 0 radical (unpaired) electrons. The first-order valence-corrected chi connectivity index (χ1v) is 29.9. The van der Waals surface area contributed by atoms with Crippen LogP contribution in [0.2, 0.25) is 0 Å². The largest absolute Gasteiger partial charge is 0.462 e. The Balaban J connectivity index is 4.26. The van der Waals surface area contributed by atoms with Gasteiger partial charge in [0.2, 0.25) is 0 Å². The summed E-state index contributed by atoms with van der Waals surface area (Å²) in [7, 11) is 0. The lowest BCUT2D eigenvalue weighted by Gasteiger charge is -2.18. The number of esters is 3. The van der Waals surface area contributed by atoms with Gasteiger partial charge in [-0.1, -0.05) is 304 Å². The van der Waals surface area contributed by atoms with Crippen LogP contribution in [0.25, 0.3) is 0 Å². The van der Waals surface area contributed by atoms with Crippen molar-refractivity contribution in [2.45, 2.75) is 348 Å². The van der Waals surface area contributed by atoms with E-state index >= 15 is 0 Å². The van der Waals surface area contributed by atoms with E-state index in [0.717, 1.165) is 63.7 Å². The molecule has 0 aromatic heterocycles. The Hall–Kier alpha value is -1.59. The SMILES string of the molecule is CCCCCCCCCCCCCCCCCCCCC(=O)OC[C@@H](COC(=O)CCCCCCCCCCCCCC)OC(=O)CCCCCCCCCCCCCCCCCC(C)C. The lowest BCUT2D eigenvalue weighted by atomic mass is 10.0. The van der Waals surface area contributed by atoms with Crippen LogP contribution in [-0.4, -0.2) is 37.2 Å². The molecule has 0 unspecified atom stereocenters. The fourth-order valence-electron chi connectivity index (χ4n) is 9.28. The van der Waals surface area contributed by atoms with Crippen molar-refractivity contribution in [2.24, 2.45) is 5.92 Å². The van der Waals surface area contributed by atoms with Crippen LogP contribution >= 0.6 is 0 Å². The molecule has 0 saturated heterocycles. The first-order valence-electron chi connectivity index (χ1n) is 29.9. The number of carbonyl (C=O) groups is 3. The molecule has 0 saturated carbocycles. The Morgan fingerprint density at radius 3 is 0.742 bits per heavy atom. The third kappa shape index (κ3) is 53.4. The number of hydrogen-bond donors (Lipinski definition) is 0. The lowest BCUT2D eigenvalue weighted by molar-refractivity contribution is -0.167. The summed E-state index contributed by atoms with van der Waals surface area (Å²) < 4.78 is 16.9. The molecule has 66 heavy (non-hydrogen) atoms. The van der Waals surface area contributed by atoms with E-state index in [1.54, 1.807) is 0 Å². The molecule has 0 aromatic rings. The van der Waals surface area contributed by atoms with Gasteiger partial charge in [0.15, 0.2) is 6.10 Å². The maximum absolute atomic E-state index is 12.9. The minimum Gasteiger partial charge on any atom is -0.462 e. The van der Waals surface area contributed by atoms with Gasteiger partial charge in [-0.2, -0.15) is 0 Å². The second kappa shape index (κ2) is 54.4. The third-order valence-corrected chi connectivity index (χ3v) is 13.8. The van der Waals surface area contributed by atoms with E-state index < -0.39 is 6.10 Å². The molecular formula is C60H116O6. The molecule has 0 bridgehead atoms. The average Bonchev–Trinajstić information content (AvgIpc) is 3.30. The third-order valence-electron chi connectivity index (χ3n) is 13.8. The first-order chi connectivity index (χ1) is 32.4. The summed E-state index contributed by atoms with van der Waals surface area (Å²) in [5.41, 5.74) is 0. The van der Waals surface area contributed by atoms with Crippen molar-refractivity contribution in [2.75, 3.05) is 13.2 Å². The normalized spacial score (nSPS) is 12.0. The number of unbranched alkanes of at least 4 members (excludes halogenated alkanes) is 42. The number of rotatable bonds is 55. The van der Waals surface area contributed by atoms with E-state index in [2.05, 4.69) is 27.7 Å². The molecule has 0 N–H and O–H groups in total. The van der Waals surface area contributed by atoms with Crippen LogP contribution in [0, 0.1) is 5.92 Å². The molecule has 392 valence electrons. The lowest BCUT2D eigenvalue weighted by Crippen LogP contribution is -2.30. The van der Waals surface area contributed by atoms with Crippen molar-refractivity contribution in [1.29, 1.82) is 0 Å². The van der Waals surface area contributed by atoms with Crippen LogP contribution in [0.3, 0.4) is 0 Å². The van der Waals surface area contributed by atoms with E-state index in [9.17, 15) is 14.4 Å². The predicted molar refractivity (Wildman–Crippen MR) is 284 cm³/mol. The second-order valence-electron chi connectivity index (χ2n) is 21.1. The quantitative estimate of drug-likeness (QED) is 0.0343. The minimum absolute atomic E-state index is 0.0616. The van der Waals surface area contributed by atoms with Crippen molar-refractivity contribution in [3.8, 4) is 0 Å². The van der Waals surface area contributed by atoms with Crippen LogP contribution < -0.4 is 0 Å². The van der Waals surface area contributed by atoms with Crippen LogP contribution in [0.5, 0.6) is 0 Å².